The van der Waals surface area contributed by atoms with Crippen LogP contribution < -0.4 is 5.32 Å². The van der Waals surface area contributed by atoms with Gasteiger partial charge >= 0.3 is 0 Å². The molecule has 76 valence electrons. The monoisotopic (exact) mass is 181 g/mol. The van der Waals surface area contributed by atoms with Gasteiger partial charge in [-0.05, 0) is 49.6 Å². The molecule has 3 atom stereocenters. The Balaban J connectivity index is 1.86. The molecule has 2 saturated carbocycles. The van der Waals surface area contributed by atoms with E-state index >= 15 is 0 Å². The lowest BCUT2D eigenvalue weighted by molar-refractivity contribution is 0.318. The van der Waals surface area contributed by atoms with Gasteiger partial charge in [-0.25, -0.2) is 0 Å². The second kappa shape index (κ2) is 3.61. The maximum absolute atomic E-state index is 3.51. The van der Waals surface area contributed by atoms with Crippen molar-refractivity contribution >= 4 is 0 Å². The highest BCUT2D eigenvalue weighted by Crippen LogP contribution is 2.66. The lowest BCUT2D eigenvalue weighted by Crippen LogP contribution is -2.20. The molecule has 2 rings (SSSR count). The van der Waals surface area contributed by atoms with Gasteiger partial charge in [0.1, 0.15) is 0 Å². The number of rotatable bonds is 4. The fraction of sp³-hybridized carbons (Fsp3) is 1.00. The normalized spacial score (nSPS) is 42.9. The SMILES string of the molecule is CCNCC1CC12CCCC2CC. The summed E-state index contributed by atoms with van der Waals surface area (Å²) >= 11 is 0. The van der Waals surface area contributed by atoms with Crippen LogP contribution in [0.4, 0.5) is 0 Å². The van der Waals surface area contributed by atoms with Crippen LogP contribution in [0.15, 0.2) is 0 Å². The Kier molecular flexibility index (Phi) is 2.64. The van der Waals surface area contributed by atoms with Gasteiger partial charge in [0.15, 0.2) is 0 Å². The van der Waals surface area contributed by atoms with Crippen LogP contribution >= 0.6 is 0 Å². The largest absolute Gasteiger partial charge is 0.317 e. The molecule has 1 spiro atoms. The van der Waals surface area contributed by atoms with E-state index in [0.717, 1.165) is 23.8 Å². The van der Waals surface area contributed by atoms with E-state index in [2.05, 4.69) is 19.2 Å². The second-order valence-corrected chi connectivity index (χ2v) is 4.94. The fourth-order valence-electron chi connectivity index (χ4n) is 3.58. The van der Waals surface area contributed by atoms with E-state index in [0.29, 0.717) is 0 Å². The van der Waals surface area contributed by atoms with Crippen molar-refractivity contribution in [2.75, 3.05) is 13.1 Å². The predicted molar refractivity (Wildman–Crippen MR) is 56.7 cm³/mol. The van der Waals surface area contributed by atoms with E-state index in [1.807, 2.05) is 0 Å². The summed E-state index contributed by atoms with van der Waals surface area (Å²) in [5, 5.41) is 3.51. The van der Waals surface area contributed by atoms with Crippen molar-refractivity contribution in [3.05, 3.63) is 0 Å². The molecular formula is C12H23N. The molecule has 2 aliphatic carbocycles. The Morgan fingerprint density at radius 2 is 2.15 bits per heavy atom. The Morgan fingerprint density at radius 3 is 2.85 bits per heavy atom. The average molecular weight is 181 g/mol. The molecule has 1 nitrogen and oxygen atoms in total. The quantitative estimate of drug-likeness (QED) is 0.703. The van der Waals surface area contributed by atoms with Gasteiger partial charge in [0.2, 0.25) is 0 Å². The topological polar surface area (TPSA) is 12.0 Å². The third kappa shape index (κ3) is 1.52. The van der Waals surface area contributed by atoms with Gasteiger partial charge in [0, 0.05) is 0 Å². The molecule has 0 heterocycles. The smallest absolute Gasteiger partial charge is 0.00150 e. The van der Waals surface area contributed by atoms with Crippen molar-refractivity contribution in [3.8, 4) is 0 Å². The van der Waals surface area contributed by atoms with E-state index < -0.39 is 0 Å². The van der Waals surface area contributed by atoms with Crippen molar-refractivity contribution in [2.24, 2.45) is 17.3 Å². The van der Waals surface area contributed by atoms with Crippen LogP contribution in [0, 0.1) is 17.3 Å². The maximum Gasteiger partial charge on any atom is -0.00150 e. The van der Waals surface area contributed by atoms with Crippen molar-refractivity contribution in [3.63, 3.8) is 0 Å². The second-order valence-electron chi connectivity index (χ2n) is 4.94. The molecule has 3 unspecified atom stereocenters. The third-order valence-corrected chi connectivity index (χ3v) is 4.42. The molecule has 0 bridgehead atoms. The third-order valence-electron chi connectivity index (χ3n) is 4.42. The van der Waals surface area contributed by atoms with E-state index in [1.54, 1.807) is 0 Å². The Hall–Kier alpha value is -0.0400. The average Bonchev–Trinajstić information content (AvgIpc) is 2.65. The number of hydrogen-bond acceptors (Lipinski definition) is 1. The van der Waals surface area contributed by atoms with Crippen LogP contribution in [0.25, 0.3) is 0 Å². The summed E-state index contributed by atoms with van der Waals surface area (Å²) in [5.41, 5.74) is 0.816. The van der Waals surface area contributed by atoms with E-state index in [1.165, 1.54) is 38.6 Å². The van der Waals surface area contributed by atoms with Gasteiger partial charge in [-0.2, -0.15) is 0 Å². The minimum Gasteiger partial charge on any atom is -0.317 e. The van der Waals surface area contributed by atoms with Crippen LogP contribution in [0.2, 0.25) is 0 Å². The molecule has 1 N–H and O–H groups in total. The van der Waals surface area contributed by atoms with Gasteiger partial charge in [-0.15, -0.1) is 0 Å². The Bertz CT molecular complexity index is 178. The van der Waals surface area contributed by atoms with Crippen LogP contribution in [0.3, 0.4) is 0 Å². The summed E-state index contributed by atoms with van der Waals surface area (Å²) in [6.07, 6.45) is 7.49. The molecule has 0 saturated heterocycles. The Labute approximate surface area is 82.3 Å². The summed E-state index contributed by atoms with van der Waals surface area (Å²) in [6, 6.07) is 0. The minimum atomic E-state index is 0.816. The molecule has 0 aromatic heterocycles. The molecule has 0 aliphatic heterocycles. The zero-order valence-electron chi connectivity index (χ0n) is 9.10. The maximum atomic E-state index is 3.51. The molecule has 0 aromatic carbocycles. The van der Waals surface area contributed by atoms with Gasteiger partial charge in [-0.3, -0.25) is 0 Å². The minimum absolute atomic E-state index is 0.816. The highest BCUT2D eigenvalue weighted by molar-refractivity contribution is 5.09. The van der Waals surface area contributed by atoms with Crippen LogP contribution in [-0.2, 0) is 0 Å². The highest BCUT2D eigenvalue weighted by Gasteiger charge is 2.58. The molecule has 1 heteroatoms. The lowest BCUT2D eigenvalue weighted by atomic mass is 9.88. The fourth-order valence-corrected chi connectivity index (χ4v) is 3.58. The zero-order valence-corrected chi connectivity index (χ0v) is 9.10. The van der Waals surface area contributed by atoms with Crippen LogP contribution in [0.1, 0.15) is 46.0 Å². The van der Waals surface area contributed by atoms with E-state index in [9.17, 15) is 0 Å². The van der Waals surface area contributed by atoms with Crippen molar-refractivity contribution in [1.82, 2.24) is 5.32 Å². The molecule has 2 aliphatic rings. The first-order valence-corrected chi connectivity index (χ1v) is 6.04. The first-order valence-electron chi connectivity index (χ1n) is 6.04. The first kappa shape index (κ1) is 9.51. The van der Waals surface area contributed by atoms with E-state index in [4.69, 9.17) is 0 Å². The summed E-state index contributed by atoms with van der Waals surface area (Å²) in [5.74, 6) is 2.09. The summed E-state index contributed by atoms with van der Waals surface area (Å²) < 4.78 is 0. The van der Waals surface area contributed by atoms with Gasteiger partial charge in [-0.1, -0.05) is 26.7 Å². The molecule has 0 radical (unpaired) electrons. The van der Waals surface area contributed by atoms with Crippen molar-refractivity contribution in [1.29, 1.82) is 0 Å². The van der Waals surface area contributed by atoms with Crippen molar-refractivity contribution in [2.45, 2.75) is 46.0 Å². The van der Waals surface area contributed by atoms with Crippen LogP contribution in [0.5, 0.6) is 0 Å². The summed E-state index contributed by atoms with van der Waals surface area (Å²) in [6.45, 7) is 7.01. The number of hydrogen-bond donors (Lipinski definition) is 1. The van der Waals surface area contributed by atoms with Gasteiger partial charge in [0.05, 0.1) is 0 Å². The predicted octanol–water partition coefficient (Wildman–Crippen LogP) is 2.81. The van der Waals surface area contributed by atoms with Gasteiger partial charge in [0.25, 0.3) is 0 Å². The zero-order chi connectivity index (χ0) is 9.31. The first-order chi connectivity index (χ1) is 6.33. The van der Waals surface area contributed by atoms with Crippen molar-refractivity contribution < 1.29 is 0 Å². The molecular weight excluding hydrogens is 158 g/mol. The highest BCUT2D eigenvalue weighted by atomic mass is 14.9. The van der Waals surface area contributed by atoms with Crippen LogP contribution in [-0.4, -0.2) is 13.1 Å². The molecule has 0 aromatic rings. The van der Waals surface area contributed by atoms with Gasteiger partial charge < -0.3 is 5.32 Å². The number of nitrogens with one attached hydrogen (secondary N) is 1. The molecule has 0 amide bonds. The Morgan fingerprint density at radius 1 is 1.31 bits per heavy atom. The molecule has 2 fully saturated rings. The molecule has 13 heavy (non-hydrogen) atoms. The summed E-state index contributed by atoms with van der Waals surface area (Å²) in [7, 11) is 0. The lowest BCUT2D eigenvalue weighted by Gasteiger charge is -2.18. The summed E-state index contributed by atoms with van der Waals surface area (Å²) in [4.78, 5) is 0. The van der Waals surface area contributed by atoms with E-state index in [-0.39, 0.29) is 0 Å². The standard InChI is InChI=1S/C12H23N/c1-3-10-6-5-7-12(10)8-11(12)9-13-4-2/h10-11,13H,3-9H2,1-2H3.